The van der Waals surface area contributed by atoms with E-state index in [1.54, 1.807) is 6.07 Å². The lowest BCUT2D eigenvalue weighted by molar-refractivity contribution is -0.0605. The predicted molar refractivity (Wildman–Crippen MR) is 69.9 cm³/mol. The van der Waals surface area contributed by atoms with Crippen LogP contribution in [-0.4, -0.2) is 41.5 Å². The van der Waals surface area contributed by atoms with Crippen LogP contribution in [0.4, 0.5) is 5.69 Å². The molecule has 1 fully saturated rings. The minimum Gasteiger partial charge on any atom is -0.505 e. The van der Waals surface area contributed by atoms with Gasteiger partial charge in [-0.2, -0.15) is 0 Å². The Morgan fingerprint density at radius 3 is 2.79 bits per heavy atom. The zero-order valence-electron chi connectivity index (χ0n) is 10.6. The second-order valence-electron chi connectivity index (χ2n) is 4.76. The number of anilines is 1. The third kappa shape index (κ3) is 3.15. The number of nitrogen functional groups attached to an aromatic ring is 1. The first-order chi connectivity index (χ1) is 9.02. The fourth-order valence-corrected chi connectivity index (χ4v) is 2.01. The Hall–Kier alpha value is -1.79. The number of ether oxygens (including phenoxy) is 1. The topological polar surface area (TPSA) is 105 Å². The Morgan fingerprint density at radius 1 is 1.42 bits per heavy atom. The molecule has 104 valence electrons. The molecule has 0 spiro atoms. The highest BCUT2D eigenvalue weighted by Gasteiger charge is 2.30. The van der Waals surface area contributed by atoms with Crippen molar-refractivity contribution in [2.24, 2.45) is 0 Å². The molecular formula is C13H18N2O4. The summed E-state index contributed by atoms with van der Waals surface area (Å²) >= 11 is 0. The summed E-state index contributed by atoms with van der Waals surface area (Å²) in [5, 5.41) is 22.5. The van der Waals surface area contributed by atoms with Gasteiger partial charge in [-0.05, 0) is 12.1 Å². The maximum absolute atomic E-state index is 11.9. The van der Waals surface area contributed by atoms with Gasteiger partial charge in [-0.1, -0.05) is 6.07 Å². The normalized spacial score (nSPS) is 17.9. The monoisotopic (exact) mass is 266 g/mol. The quantitative estimate of drug-likeness (QED) is 0.463. The fraction of sp³-hybridized carbons (Fsp3) is 0.462. The van der Waals surface area contributed by atoms with Crippen molar-refractivity contribution >= 4 is 11.6 Å². The molecule has 2 rings (SSSR count). The van der Waals surface area contributed by atoms with E-state index >= 15 is 0 Å². The molecule has 1 heterocycles. The Labute approximate surface area is 111 Å². The van der Waals surface area contributed by atoms with E-state index in [2.05, 4.69) is 5.32 Å². The number of hydrogen-bond acceptors (Lipinski definition) is 5. The first kappa shape index (κ1) is 13.6. The van der Waals surface area contributed by atoms with Crippen molar-refractivity contribution < 1.29 is 19.7 Å². The maximum atomic E-state index is 11.9. The highest BCUT2D eigenvalue weighted by atomic mass is 16.5. The number of amides is 1. The molecule has 0 radical (unpaired) electrons. The van der Waals surface area contributed by atoms with Gasteiger partial charge in [0.05, 0.1) is 16.9 Å². The van der Waals surface area contributed by atoms with Crippen LogP contribution in [0, 0.1) is 0 Å². The van der Waals surface area contributed by atoms with Gasteiger partial charge in [0.2, 0.25) is 0 Å². The molecule has 0 atom stereocenters. The van der Waals surface area contributed by atoms with E-state index in [-0.39, 0.29) is 23.5 Å². The molecule has 19 heavy (non-hydrogen) atoms. The Kier molecular flexibility index (Phi) is 3.92. The lowest BCUT2D eigenvalue weighted by Crippen LogP contribution is -2.46. The standard InChI is InChI=1S/C13H18N2O4/c14-10-3-1-2-9(11(10)16)12(17)15-8-13(18)4-6-19-7-5-13/h1-3,16,18H,4-8,14H2,(H,15,17). The highest BCUT2D eigenvalue weighted by molar-refractivity contribution is 5.98. The van der Waals surface area contributed by atoms with Crippen molar-refractivity contribution in [1.29, 1.82) is 0 Å². The Balaban J connectivity index is 1.99. The van der Waals surface area contributed by atoms with E-state index in [9.17, 15) is 15.0 Å². The van der Waals surface area contributed by atoms with Crippen LogP contribution in [0.5, 0.6) is 5.75 Å². The molecular weight excluding hydrogens is 248 g/mol. The molecule has 0 bridgehead atoms. The molecule has 6 nitrogen and oxygen atoms in total. The van der Waals surface area contributed by atoms with Gasteiger partial charge in [-0.15, -0.1) is 0 Å². The molecule has 5 N–H and O–H groups in total. The molecule has 1 amide bonds. The van der Waals surface area contributed by atoms with Crippen LogP contribution in [0.3, 0.4) is 0 Å². The number of nitrogens with two attached hydrogens (primary N) is 1. The predicted octanol–water partition coefficient (Wildman–Crippen LogP) is 0.246. The molecule has 0 aromatic heterocycles. The summed E-state index contributed by atoms with van der Waals surface area (Å²) in [6.45, 7) is 1.09. The third-order valence-electron chi connectivity index (χ3n) is 3.31. The summed E-state index contributed by atoms with van der Waals surface area (Å²) in [5.41, 5.74) is 4.84. The van der Waals surface area contributed by atoms with Gasteiger partial charge in [0.1, 0.15) is 0 Å². The largest absolute Gasteiger partial charge is 0.505 e. The van der Waals surface area contributed by atoms with Crippen molar-refractivity contribution in [2.45, 2.75) is 18.4 Å². The third-order valence-corrected chi connectivity index (χ3v) is 3.31. The number of rotatable bonds is 3. The van der Waals surface area contributed by atoms with Gasteiger partial charge in [0.15, 0.2) is 5.75 Å². The molecule has 1 aromatic carbocycles. The number of phenolic OH excluding ortho intramolecular Hbond substituents is 1. The molecule has 0 saturated carbocycles. The van der Waals surface area contributed by atoms with Crippen LogP contribution in [0.1, 0.15) is 23.2 Å². The summed E-state index contributed by atoms with van der Waals surface area (Å²) in [7, 11) is 0. The van der Waals surface area contributed by atoms with E-state index in [0.29, 0.717) is 26.1 Å². The van der Waals surface area contributed by atoms with Crippen molar-refractivity contribution in [1.82, 2.24) is 5.32 Å². The second kappa shape index (κ2) is 5.46. The first-order valence-electron chi connectivity index (χ1n) is 6.18. The van der Waals surface area contributed by atoms with Crippen molar-refractivity contribution in [3.8, 4) is 5.75 Å². The molecule has 0 aliphatic carbocycles. The van der Waals surface area contributed by atoms with Gasteiger partial charge in [-0.3, -0.25) is 4.79 Å². The van der Waals surface area contributed by atoms with Gasteiger partial charge in [0, 0.05) is 32.6 Å². The van der Waals surface area contributed by atoms with Gasteiger partial charge in [-0.25, -0.2) is 0 Å². The van der Waals surface area contributed by atoms with E-state index in [0.717, 1.165) is 0 Å². The van der Waals surface area contributed by atoms with Crippen molar-refractivity contribution in [3.05, 3.63) is 23.8 Å². The smallest absolute Gasteiger partial charge is 0.255 e. The molecule has 1 aromatic rings. The number of carbonyl (C=O) groups excluding carboxylic acids is 1. The molecule has 1 saturated heterocycles. The van der Waals surface area contributed by atoms with Gasteiger partial charge < -0.3 is 26.0 Å². The zero-order chi connectivity index (χ0) is 13.9. The van der Waals surface area contributed by atoms with Gasteiger partial charge >= 0.3 is 0 Å². The van der Waals surface area contributed by atoms with Crippen LogP contribution in [0.15, 0.2) is 18.2 Å². The maximum Gasteiger partial charge on any atom is 0.255 e. The highest BCUT2D eigenvalue weighted by Crippen LogP contribution is 2.25. The number of phenols is 1. The van der Waals surface area contributed by atoms with E-state index in [1.807, 2.05) is 0 Å². The van der Waals surface area contributed by atoms with Crippen molar-refractivity contribution in [2.75, 3.05) is 25.5 Å². The lowest BCUT2D eigenvalue weighted by Gasteiger charge is -2.32. The SMILES string of the molecule is Nc1cccc(C(=O)NCC2(O)CCOCC2)c1O. The van der Waals surface area contributed by atoms with Crippen LogP contribution in [0.25, 0.3) is 0 Å². The average molecular weight is 266 g/mol. The molecule has 1 aliphatic rings. The number of aliphatic hydroxyl groups is 1. The first-order valence-corrected chi connectivity index (χ1v) is 6.18. The summed E-state index contributed by atoms with van der Waals surface area (Å²) < 4.78 is 5.16. The summed E-state index contributed by atoms with van der Waals surface area (Å²) in [6, 6.07) is 4.58. The Morgan fingerprint density at radius 2 is 2.11 bits per heavy atom. The number of hydrogen-bond donors (Lipinski definition) is 4. The fourth-order valence-electron chi connectivity index (χ4n) is 2.01. The number of carbonyl (C=O) groups is 1. The second-order valence-corrected chi connectivity index (χ2v) is 4.76. The van der Waals surface area contributed by atoms with E-state index in [4.69, 9.17) is 10.5 Å². The number of para-hydroxylation sites is 1. The Bertz CT molecular complexity index is 470. The van der Waals surface area contributed by atoms with E-state index in [1.165, 1.54) is 12.1 Å². The van der Waals surface area contributed by atoms with Crippen LogP contribution >= 0.6 is 0 Å². The van der Waals surface area contributed by atoms with Crippen LogP contribution in [0.2, 0.25) is 0 Å². The number of nitrogens with one attached hydrogen (secondary N) is 1. The number of aromatic hydroxyl groups is 1. The number of benzene rings is 1. The summed E-state index contributed by atoms with van der Waals surface area (Å²) in [6.07, 6.45) is 0.965. The summed E-state index contributed by atoms with van der Waals surface area (Å²) in [4.78, 5) is 11.9. The molecule has 0 unspecified atom stereocenters. The lowest BCUT2D eigenvalue weighted by atomic mass is 9.94. The van der Waals surface area contributed by atoms with Crippen molar-refractivity contribution in [3.63, 3.8) is 0 Å². The molecule has 6 heteroatoms. The van der Waals surface area contributed by atoms with Gasteiger partial charge in [0.25, 0.3) is 5.91 Å². The van der Waals surface area contributed by atoms with E-state index < -0.39 is 11.5 Å². The molecule has 1 aliphatic heterocycles. The summed E-state index contributed by atoms with van der Waals surface area (Å²) in [5.74, 6) is -0.691. The zero-order valence-corrected chi connectivity index (χ0v) is 10.6. The van der Waals surface area contributed by atoms with Crippen LogP contribution in [-0.2, 0) is 4.74 Å². The minimum absolute atomic E-state index is 0.107. The van der Waals surface area contributed by atoms with Crippen LogP contribution < -0.4 is 11.1 Å². The average Bonchev–Trinajstić information content (AvgIpc) is 2.40. The minimum atomic E-state index is -0.941.